The van der Waals surface area contributed by atoms with Crippen molar-refractivity contribution in [1.82, 2.24) is 24.1 Å². The first kappa shape index (κ1) is 20.1. The second-order valence-electron chi connectivity index (χ2n) is 7.63. The van der Waals surface area contributed by atoms with Crippen molar-refractivity contribution in [3.05, 3.63) is 45.3 Å². The van der Waals surface area contributed by atoms with E-state index in [0.717, 1.165) is 0 Å². The summed E-state index contributed by atoms with van der Waals surface area (Å²) >= 11 is 6.25. The molecular weight excluding hydrogens is 408 g/mol. The maximum atomic E-state index is 13.6. The van der Waals surface area contributed by atoms with Crippen LogP contribution in [0.5, 0.6) is 0 Å². The van der Waals surface area contributed by atoms with E-state index < -0.39 is 5.60 Å². The minimum absolute atomic E-state index is 0.0141. The SMILES string of the molecule is CCC(C)n1c(=O)c2c(-c3noc(C(C)(C)O)n3)ncn2c2ccc(Cl)c(C#N)c21. The highest BCUT2D eigenvalue weighted by Crippen LogP contribution is 2.30. The Bertz CT molecular complexity index is 1390. The first-order chi connectivity index (χ1) is 14.2. The summed E-state index contributed by atoms with van der Waals surface area (Å²) in [6.07, 6.45) is 2.14. The molecule has 154 valence electrons. The molecule has 0 aliphatic rings. The molecule has 3 heterocycles. The minimum atomic E-state index is -1.33. The van der Waals surface area contributed by atoms with E-state index in [1.807, 2.05) is 13.8 Å². The molecule has 0 aliphatic carbocycles. The number of imidazole rings is 1. The van der Waals surface area contributed by atoms with Crippen LogP contribution in [-0.2, 0) is 5.60 Å². The molecule has 0 bridgehead atoms. The zero-order chi connectivity index (χ0) is 21.8. The summed E-state index contributed by atoms with van der Waals surface area (Å²) in [7, 11) is 0. The van der Waals surface area contributed by atoms with Crippen molar-refractivity contribution in [1.29, 1.82) is 5.26 Å². The molecule has 0 fully saturated rings. The van der Waals surface area contributed by atoms with E-state index in [1.54, 1.807) is 21.1 Å². The van der Waals surface area contributed by atoms with Gasteiger partial charge in [0.15, 0.2) is 0 Å². The minimum Gasteiger partial charge on any atom is -0.381 e. The van der Waals surface area contributed by atoms with Gasteiger partial charge in [0.1, 0.15) is 29.2 Å². The number of nitriles is 1. The molecule has 4 aromatic rings. The molecule has 0 aliphatic heterocycles. The highest BCUT2D eigenvalue weighted by atomic mass is 35.5. The van der Waals surface area contributed by atoms with Crippen molar-refractivity contribution in [2.45, 2.75) is 45.8 Å². The Labute approximate surface area is 176 Å². The van der Waals surface area contributed by atoms with Crippen LogP contribution in [0.2, 0.25) is 5.02 Å². The van der Waals surface area contributed by atoms with Gasteiger partial charge in [-0.3, -0.25) is 9.20 Å². The normalized spacial score (nSPS) is 13.1. The summed E-state index contributed by atoms with van der Waals surface area (Å²) in [6, 6.07) is 5.28. The topological polar surface area (TPSA) is 122 Å². The van der Waals surface area contributed by atoms with Gasteiger partial charge in [-0.25, -0.2) is 4.98 Å². The second-order valence-corrected chi connectivity index (χ2v) is 8.04. The third kappa shape index (κ3) is 2.88. The molecule has 0 spiro atoms. The molecule has 10 heteroatoms. The molecule has 0 saturated carbocycles. The van der Waals surface area contributed by atoms with Crippen LogP contribution in [-0.4, -0.2) is 29.2 Å². The lowest BCUT2D eigenvalue weighted by molar-refractivity contribution is 0.0420. The first-order valence-electron chi connectivity index (χ1n) is 9.39. The average molecular weight is 427 g/mol. The molecular formula is C20H19ClN6O3. The highest BCUT2D eigenvalue weighted by molar-refractivity contribution is 6.32. The molecule has 0 amide bonds. The molecule has 3 aromatic heterocycles. The van der Waals surface area contributed by atoms with Gasteiger partial charge in [-0.1, -0.05) is 23.7 Å². The molecule has 30 heavy (non-hydrogen) atoms. The van der Waals surface area contributed by atoms with Crippen LogP contribution in [0, 0.1) is 11.3 Å². The van der Waals surface area contributed by atoms with Crippen LogP contribution < -0.4 is 5.56 Å². The molecule has 1 atom stereocenters. The summed E-state index contributed by atoms with van der Waals surface area (Å²) in [6.45, 7) is 6.89. The lowest BCUT2D eigenvalue weighted by Gasteiger charge is -2.19. The van der Waals surface area contributed by atoms with E-state index in [4.69, 9.17) is 16.1 Å². The average Bonchev–Trinajstić information content (AvgIpc) is 3.35. The molecule has 0 radical (unpaired) electrons. The summed E-state index contributed by atoms with van der Waals surface area (Å²) in [4.78, 5) is 22.2. The Hall–Kier alpha value is -3.22. The number of rotatable bonds is 4. The predicted octanol–water partition coefficient (Wildman–Crippen LogP) is 3.42. The van der Waals surface area contributed by atoms with Gasteiger partial charge in [-0.15, -0.1) is 0 Å². The highest BCUT2D eigenvalue weighted by Gasteiger charge is 2.28. The number of benzene rings is 1. The fourth-order valence-electron chi connectivity index (χ4n) is 3.39. The number of hydrogen-bond acceptors (Lipinski definition) is 7. The Morgan fingerprint density at radius 1 is 1.37 bits per heavy atom. The van der Waals surface area contributed by atoms with E-state index >= 15 is 0 Å². The zero-order valence-corrected chi connectivity index (χ0v) is 17.6. The van der Waals surface area contributed by atoms with Gasteiger partial charge in [0.05, 0.1) is 21.6 Å². The maximum Gasteiger partial charge on any atom is 0.278 e. The van der Waals surface area contributed by atoms with Gasteiger partial charge in [0.2, 0.25) is 5.82 Å². The van der Waals surface area contributed by atoms with Gasteiger partial charge >= 0.3 is 0 Å². The summed E-state index contributed by atoms with van der Waals surface area (Å²) in [5.74, 6) is 0.108. The zero-order valence-electron chi connectivity index (χ0n) is 16.8. The smallest absolute Gasteiger partial charge is 0.278 e. The number of hydrogen-bond donors (Lipinski definition) is 1. The molecule has 1 aromatic carbocycles. The van der Waals surface area contributed by atoms with E-state index in [9.17, 15) is 15.2 Å². The van der Waals surface area contributed by atoms with E-state index in [2.05, 4.69) is 21.2 Å². The Kier molecular flexibility index (Phi) is 4.64. The lowest BCUT2D eigenvalue weighted by atomic mass is 10.1. The van der Waals surface area contributed by atoms with Crippen molar-refractivity contribution in [2.24, 2.45) is 0 Å². The summed E-state index contributed by atoms with van der Waals surface area (Å²) < 4.78 is 8.32. The second kappa shape index (κ2) is 6.93. The number of aromatic nitrogens is 5. The van der Waals surface area contributed by atoms with E-state index in [-0.39, 0.29) is 45.1 Å². The first-order valence-corrected chi connectivity index (χ1v) is 9.77. The predicted molar refractivity (Wildman–Crippen MR) is 110 cm³/mol. The van der Waals surface area contributed by atoms with Gasteiger partial charge in [-0.05, 0) is 39.3 Å². The maximum absolute atomic E-state index is 13.6. The van der Waals surface area contributed by atoms with E-state index in [0.29, 0.717) is 17.5 Å². The molecule has 0 saturated heterocycles. The van der Waals surface area contributed by atoms with Crippen molar-refractivity contribution >= 4 is 28.2 Å². The third-order valence-electron chi connectivity index (χ3n) is 5.10. The molecule has 4 rings (SSSR count). The van der Waals surface area contributed by atoms with Gasteiger partial charge < -0.3 is 14.2 Å². The number of aliphatic hydroxyl groups is 1. The fraction of sp³-hybridized carbons (Fsp3) is 0.350. The summed E-state index contributed by atoms with van der Waals surface area (Å²) in [5.41, 5.74) is 0.0825. The quantitative estimate of drug-likeness (QED) is 0.530. The largest absolute Gasteiger partial charge is 0.381 e. The van der Waals surface area contributed by atoms with Crippen LogP contribution in [0.25, 0.3) is 28.1 Å². The van der Waals surface area contributed by atoms with Crippen LogP contribution in [0.4, 0.5) is 0 Å². The van der Waals surface area contributed by atoms with Crippen LogP contribution in [0.15, 0.2) is 27.8 Å². The third-order valence-corrected chi connectivity index (χ3v) is 5.41. The Balaban J connectivity index is 2.14. The fourth-order valence-corrected chi connectivity index (χ4v) is 3.58. The van der Waals surface area contributed by atoms with Gasteiger partial charge in [0, 0.05) is 6.04 Å². The van der Waals surface area contributed by atoms with Crippen LogP contribution in [0.3, 0.4) is 0 Å². The van der Waals surface area contributed by atoms with Gasteiger partial charge in [0.25, 0.3) is 11.4 Å². The monoisotopic (exact) mass is 426 g/mol. The molecule has 9 nitrogen and oxygen atoms in total. The molecule has 1 N–H and O–H groups in total. The van der Waals surface area contributed by atoms with Gasteiger partial charge in [-0.2, -0.15) is 10.2 Å². The number of nitrogens with zero attached hydrogens (tertiary/aromatic N) is 6. The number of halogens is 1. The van der Waals surface area contributed by atoms with Crippen molar-refractivity contribution < 1.29 is 9.63 Å². The number of fused-ring (bicyclic) bond motifs is 3. The lowest BCUT2D eigenvalue weighted by Crippen LogP contribution is -2.26. The Morgan fingerprint density at radius 2 is 2.10 bits per heavy atom. The van der Waals surface area contributed by atoms with Crippen LogP contribution >= 0.6 is 11.6 Å². The van der Waals surface area contributed by atoms with Crippen molar-refractivity contribution in [2.75, 3.05) is 0 Å². The van der Waals surface area contributed by atoms with Crippen LogP contribution in [0.1, 0.15) is 51.6 Å². The summed E-state index contributed by atoms with van der Waals surface area (Å²) in [5, 5.41) is 24.0. The standard InChI is InChI=1S/C20H19ClN6O3/c1-5-10(2)27-15-11(8-22)12(21)6-7-13(15)26-9-23-14(16(26)18(27)28)17-24-19(30-25-17)20(3,4)29/h6-7,9-10,29H,5H2,1-4H3. The van der Waals surface area contributed by atoms with Crippen molar-refractivity contribution in [3.63, 3.8) is 0 Å². The molecule has 1 unspecified atom stereocenters. The Morgan fingerprint density at radius 3 is 2.70 bits per heavy atom. The van der Waals surface area contributed by atoms with Crippen molar-refractivity contribution in [3.8, 4) is 17.6 Å². The van der Waals surface area contributed by atoms with E-state index in [1.165, 1.54) is 20.2 Å².